The molecule has 104 valence electrons. The van der Waals surface area contributed by atoms with E-state index in [0.717, 1.165) is 0 Å². The van der Waals surface area contributed by atoms with Crippen molar-refractivity contribution < 1.29 is 9.18 Å². The maximum absolute atomic E-state index is 12.7. The topological polar surface area (TPSA) is 41.1 Å². The van der Waals surface area contributed by atoms with E-state index in [2.05, 4.69) is 10.6 Å². The number of benzene rings is 2. The van der Waals surface area contributed by atoms with E-state index in [1.807, 2.05) is 0 Å². The summed E-state index contributed by atoms with van der Waals surface area (Å²) in [7, 11) is 0. The molecule has 0 aliphatic carbocycles. The summed E-state index contributed by atoms with van der Waals surface area (Å²) in [5, 5.41) is 6.29. The minimum Gasteiger partial charge on any atom is -0.375 e. The van der Waals surface area contributed by atoms with Crippen molar-refractivity contribution in [2.24, 2.45) is 0 Å². The molecule has 0 heterocycles. The second-order valence-electron chi connectivity index (χ2n) is 4.01. The van der Waals surface area contributed by atoms with Crippen molar-refractivity contribution >= 4 is 40.5 Å². The average Bonchev–Trinajstić information content (AvgIpc) is 2.43. The normalized spacial score (nSPS) is 10.2. The monoisotopic (exact) mass is 312 g/mol. The molecule has 0 saturated carbocycles. The molecule has 6 heteroatoms. The Labute approximate surface area is 125 Å². The second kappa shape index (κ2) is 6.59. The number of rotatable bonds is 4. The van der Waals surface area contributed by atoms with Gasteiger partial charge in [0.15, 0.2) is 0 Å². The first-order valence-corrected chi connectivity index (χ1v) is 6.55. The number of anilines is 2. The molecular weight excluding hydrogens is 302 g/mol. The van der Waals surface area contributed by atoms with Crippen molar-refractivity contribution in [1.82, 2.24) is 0 Å². The molecule has 3 nitrogen and oxygen atoms in total. The lowest BCUT2D eigenvalue weighted by atomic mass is 10.3. The van der Waals surface area contributed by atoms with E-state index in [4.69, 9.17) is 23.2 Å². The lowest BCUT2D eigenvalue weighted by Crippen LogP contribution is -2.21. The van der Waals surface area contributed by atoms with Crippen molar-refractivity contribution in [2.45, 2.75) is 0 Å². The van der Waals surface area contributed by atoms with Crippen LogP contribution in [0.5, 0.6) is 0 Å². The Kier molecular flexibility index (Phi) is 4.82. The van der Waals surface area contributed by atoms with Gasteiger partial charge in [-0.15, -0.1) is 0 Å². The van der Waals surface area contributed by atoms with Crippen molar-refractivity contribution in [3.8, 4) is 0 Å². The van der Waals surface area contributed by atoms with E-state index in [1.165, 1.54) is 24.3 Å². The van der Waals surface area contributed by atoms with Crippen LogP contribution in [0.2, 0.25) is 10.0 Å². The number of hydrogen-bond donors (Lipinski definition) is 2. The molecule has 0 radical (unpaired) electrons. The standard InChI is InChI=1S/C14H11Cl2FN2O/c15-11-2-1-3-12(14(11)16)18-8-13(20)19-10-6-4-9(17)5-7-10/h1-7,18H,8H2,(H,19,20). The van der Waals surface area contributed by atoms with Crippen LogP contribution in [0, 0.1) is 5.82 Å². The van der Waals surface area contributed by atoms with Crippen LogP contribution in [-0.2, 0) is 4.79 Å². The van der Waals surface area contributed by atoms with Crippen molar-refractivity contribution in [2.75, 3.05) is 17.2 Å². The first-order chi connectivity index (χ1) is 9.56. The zero-order valence-corrected chi connectivity index (χ0v) is 11.8. The average molecular weight is 313 g/mol. The summed E-state index contributed by atoms with van der Waals surface area (Å²) >= 11 is 11.9. The smallest absolute Gasteiger partial charge is 0.243 e. The molecule has 0 aliphatic heterocycles. The highest BCUT2D eigenvalue weighted by molar-refractivity contribution is 6.43. The zero-order valence-electron chi connectivity index (χ0n) is 10.3. The summed E-state index contributed by atoms with van der Waals surface area (Å²) in [5.41, 5.74) is 1.10. The minimum absolute atomic E-state index is 0.0252. The second-order valence-corrected chi connectivity index (χ2v) is 4.80. The number of carbonyl (C=O) groups is 1. The molecule has 2 aromatic rings. The van der Waals surface area contributed by atoms with Gasteiger partial charge in [-0.3, -0.25) is 4.79 Å². The third kappa shape index (κ3) is 3.85. The van der Waals surface area contributed by atoms with Crippen LogP contribution in [0.4, 0.5) is 15.8 Å². The summed E-state index contributed by atoms with van der Waals surface area (Å²) in [5.74, 6) is -0.625. The Bertz CT molecular complexity index is 617. The number of carbonyl (C=O) groups excluding carboxylic acids is 1. The van der Waals surface area contributed by atoms with Gasteiger partial charge in [-0.05, 0) is 36.4 Å². The van der Waals surface area contributed by atoms with E-state index in [-0.39, 0.29) is 18.3 Å². The molecule has 0 saturated heterocycles. The lowest BCUT2D eigenvalue weighted by molar-refractivity contribution is -0.114. The Morgan fingerprint density at radius 3 is 2.50 bits per heavy atom. The van der Waals surface area contributed by atoms with Crippen LogP contribution in [-0.4, -0.2) is 12.5 Å². The molecule has 0 aromatic heterocycles. The summed E-state index contributed by atoms with van der Waals surface area (Å²) in [4.78, 5) is 11.7. The Morgan fingerprint density at radius 2 is 1.80 bits per heavy atom. The highest BCUT2D eigenvalue weighted by atomic mass is 35.5. The van der Waals surface area contributed by atoms with E-state index in [0.29, 0.717) is 21.4 Å². The van der Waals surface area contributed by atoms with E-state index in [9.17, 15) is 9.18 Å². The van der Waals surface area contributed by atoms with Gasteiger partial charge in [0.25, 0.3) is 0 Å². The Hall–Kier alpha value is -1.78. The van der Waals surface area contributed by atoms with Crippen LogP contribution >= 0.6 is 23.2 Å². The first-order valence-electron chi connectivity index (χ1n) is 5.79. The maximum atomic E-state index is 12.7. The SMILES string of the molecule is O=C(CNc1cccc(Cl)c1Cl)Nc1ccc(F)cc1. The molecular formula is C14H11Cl2FN2O. The fraction of sp³-hybridized carbons (Fsp3) is 0.0714. The molecule has 1 amide bonds. The zero-order chi connectivity index (χ0) is 14.5. The van der Waals surface area contributed by atoms with Gasteiger partial charge < -0.3 is 10.6 Å². The predicted molar refractivity (Wildman–Crippen MR) is 80.0 cm³/mol. The summed E-state index contributed by atoms with van der Waals surface area (Å²) in [6.07, 6.45) is 0. The molecule has 20 heavy (non-hydrogen) atoms. The van der Waals surface area contributed by atoms with Gasteiger partial charge in [0.05, 0.1) is 22.3 Å². The van der Waals surface area contributed by atoms with E-state index in [1.54, 1.807) is 18.2 Å². The van der Waals surface area contributed by atoms with Gasteiger partial charge in [0.1, 0.15) is 5.82 Å². The predicted octanol–water partition coefficient (Wildman–Crippen LogP) is 4.18. The molecule has 0 unspecified atom stereocenters. The molecule has 2 rings (SSSR count). The first kappa shape index (κ1) is 14.6. The quantitative estimate of drug-likeness (QED) is 0.889. The fourth-order valence-electron chi connectivity index (χ4n) is 1.55. The fourth-order valence-corrected chi connectivity index (χ4v) is 1.92. The highest BCUT2D eigenvalue weighted by Crippen LogP contribution is 2.29. The van der Waals surface area contributed by atoms with Gasteiger partial charge >= 0.3 is 0 Å². The van der Waals surface area contributed by atoms with Crippen molar-refractivity contribution in [3.05, 3.63) is 58.3 Å². The molecule has 2 aromatic carbocycles. The van der Waals surface area contributed by atoms with Crippen LogP contribution in [0.15, 0.2) is 42.5 Å². The lowest BCUT2D eigenvalue weighted by Gasteiger charge is -2.09. The third-order valence-electron chi connectivity index (χ3n) is 2.52. The number of hydrogen-bond acceptors (Lipinski definition) is 2. The molecule has 0 aliphatic rings. The third-order valence-corrected chi connectivity index (χ3v) is 3.34. The van der Waals surface area contributed by atoms with Crippen LogP contribution in [0.1, 0.15) is 0 Å². The minimum atomic E-state index is -0.355. The van der Waals surface area contributed by atoms with Gasteiger partial charge in [-0.2, -0.15) is 0 Å². The maximum Gasteiger partial charge on any atom is 0.243 e. The number of amides is 1. The van der Waals surface area contributed by atoms with E-state index < -0.39 is 0 Å². The van der Waals surface area contributed by atoms with Crippen molar-refractivity contribution in [1.29, 1.82) is 0 Å². The molecule has 0 spiro atoms. The largest absolute Gasteiger partial charge is 0.375 e. The molecule has 0 atom stereocenters. The Morgan fingerprint density at radius 1 is 1.10 bits per heavy atom. The number of halogens is 3. The molecule has 0 fully saturated rings. The Balaban J connectivity index is 1.92. The van der Waals surface area contributed by atoms with Crippen molar-refractivity contribution in [3.63, 3.8) is 0 Å². The summed E-state index contributed by atoms with van der Waals surface area (Å²) in [6.45, 7) is 0.0252. The summed E-state index contributed by atoms with van der Waals surface area (Å²) in [6, 6.07) is 10.6. The highest BCUT2D eigenvalue weighted by Gasteiger charge is 2.06. The van der Waals surface area contributed by atoms with Crippen LogP contribution in [0.3, 0.4) is 0 Å². The van der Waals surface area contributed by atoms with Crippen LogP contribution < -0.4 is 10.6 Å². The van der Waals surface area contributed by atoms with Gasteiger partial charge in [-0.1, -0.05) is 29.3 Å². The van der Waals surface area contributed by atoms with Gasteiger partial charge in [0.2, 0.25) is 5.91 Å². The van der Waals surface area contributed by atoms with E-state index >= 15 is 0 Å². The van der Waals surface area contributed by atoms with Crippen LogP contribution in [0.25, 0.3) is 0 Å². The number of nitrogens with one attached hydrogen (secondary N) is 2. The molecule has 0 bridgehead atoms. The summed E-state index contributed by atoms with van der Waals surface area (Å²) < 4.78 is 12.7. The molecule has 2 N–H and O–H groups in total. The van der Waals surface area contributed by atoms with Gasteiger partial charge in [-0.25, -0.2) is 4.39 Å². The van der Waals surface area contributed by atoms with Gasteiger partial charge in [0, 0.05) is 5.69 Å².